The number of halogens is 1. The molecule has 7 nitrogen and oxygen atoms in total. The second-order valence-electron chi connectivity index (χ2n) is 5.69. The molecule has 0 aliphatic carbocycles. The molecule has 0 radical (unpaired) electrons. The van der Waals surface area contributed by atoms with E-state index in [9.17, 15) is 0 Å². The number of thioether (sulfide) groups is 1. The third-order valence-electron chi connectivity index (χ3n) is 3.91. The van der Waals surface area contributed by atoms with Crippen molar-refractivity contribution >= 4 is 23.4 Å². The van der Waals surface area contributed by atoms with Crippen LogP contribution in [0.3, 0.4) is 0 Å². The number of ether oxygens (including phenoxy) is 1. The summed E-state index contributed by atoms with van der Waals surface area (Å²) in [4.78, 5) is 4.32. The van der Waals surface area contributed by atoms with Gasteiger partial charge in [-0.25, -0.2) is 9.67 Å². The fourth-order valence-corrected chi connectivity index (χ4v) is 3.51. The molecule has 0 spiro atoms. The first-order valence-corrected chi connectivity index (χ1v) is 9.35. The summed E-state index contributed by atoms with van der Waals surface area (Å²) in [6.07, 6.45) is 4.06. The monoisotopic (exact) mass is 377 g/mol. The Labute approximate surface area is 153 Å². The zero-order chi connectivity index (χ0) is 17.1. The fraction of sp³-hybridized carbons (Fsp3) is 0.375. The summed E-state index contributed by atoms with van der Waals surface area (Å²) in [5.41, 5.74) is 0.941. The average molecular weight is 378 g/mol. The van der Waals surface area contributed by atoms with Gasteiger partial charge in [0.15, 0.2) is 5.76 Å². The van der Waals surface area contributed by atoms with Crippen molar-refractivity contribution in [3.63, 3.8) is 0 Å². The number of aromatic nitrogens is 5. The second kappa shape index (κ2) is 7.55. The van der Waals surface area contributed by atoms with Crippen LogP contribution in [0.4, 0.5) is 0 Å². The van der Waals surface area contributed by atoms with Crippen molar-refractivity contribution in [1.82, 2.24) is 25.2 Å². The lowest BCUT2D eigenvalue weighted by Crippen LogP contribution is -2.16. The van der Waals surface area contributed by atoms with Gasteiger partial charge in [-0.3, -0.25) is 0 Å². The molecule has 0 bridgehead atoms. The van der Waals surface area contributed by atoms with Gasteiger partial charge in [0.1, 0.15) is 0 Å². The number of hydrogen-bond donors (Lipinski definition) is 0. The number of oxazole rings is 1. The minimum atomic E-state index is 0.195. The summed E-state index contributed by atoms with van der Waals surface area (Å²) in [5, 5.41) is 13.3. The lowest BCUT2D eigenvalue weighted by Gasteiger charge is -2.09. The zero-order valence-electron chi connectivity index (χ0n) is 13.3. The van der Waals surface area contributed by atoms with Gasteiger partial charge in [-0.05, 0) is 47.5 Å². The maximum atomic E-state index is 5.91. The van der Waals surface area contributed by atoms with E-state index in [4.69, 9.17) is 20.8 Å². The van der Waals surface area contributed by atoms with E-state index in [1.54, 1.807) is 10.9 Å². The molecule has 4 rings (SSSR count). The number of rotatable bonds is 6. The molecule has 3 heterocycles. The maximum absolute atomic E-state index is 5.91. The van der Waals surface area contributed by atoms with Gasteiger partial charge < -0.3 is 9.15 Å². The van der Waals surface area contributed by atoms with E-state index in [1.165, 1.54) is 11.8 Å². The quantitative estimate of drug-likeness (QED) is 0.608. The predicted molar refractivity (Wildman–Crippen MR) is 93.3 cm³/mol. The molecule has 0 N–H and O–H groups in total. The number of benzene rings is 1. The van der Waals surface area contributed by atoms with Crippen molar-refractivity contribution < 1.29 is 9.15 Å². The van der Waals surface area contributed by atoms with Gasteiger partial charge in [-0.2, -0.15) is 0 Å². The van der Waals surface area contributed by atoms with E-state index in [1.807, 2.05) is 24.3 Å². The Hall–Kier alpha value is -1.90. The summed E-state index contributed by atoms with van der Waals surface area (Å²) in [6.45, 7) is 1.50. The van der Waals surface area contributed by atoms with E-state index in [0.29, 0.717) is 29.0 Å². The Morgan fingerprint density at radius 2 is 2.16 bits per heavy atom. The van der Waals surface area contributed by atoms with Crippen molar-refractivity contribution in [2.75, 3.05) is 6.61 Å². The smallest absolute Gasteiger partial charge is 0.209 e. The van der Waals surface area contributed by atoms with Crippen LogP contribution in [0.5, 0.6) is 0 Å². The lowest BCUT2D eigenvalue weighted by molar-refractivity contribution is 0.0912. The minimum Gasteiger partial charge on any atom is -0.440 e. The lowest BCUT2D eigenvalue weighted by atomic mass is 10.2. The molecule has 1 aliphatic rings. The molecule has 1 unspecified atom stereocenters. The highest BCUT2D eigenvalue weighted by Crippen LogP contribution is 2.26. The number of hydrogen-bond acceptors (Lipinski definition) is 7. The van der Waals surface area contributed by atoms with Gasteiger partial charge in [0.05, 0.1) is 24.6 Å². The standard InChI is InChI=1S/C16H16ClN5O2S/c17-12-5-3-11(4-6-12)14-8-18-15(24-14)10-25-16-19-20-21-22(16)9-13-2-1-7-23-13/h3-6,8,13H,1-2,7,9-10H2. The first-order valence-electron chi connectivity index (χ1n) is 7.99. The van der Waals surface area contributed by atoms with Crippen LogP contribution in [-0.2, 0) is 17.0 Å². The summed E-state index contributed by atoms with van der Waals surface area (Å²) in [7, 11) is 0. The van der Waals surface area contributed by atoms with Crippen LogP contribution in [0.1, 0.15) is 18.7 Å². The predicted octanol–water partition coefficient (Wildman–Crippen LogP) is 3.45. The Bertz CT molecular complexity index is 829. The molecule has 1 aliphatic heterocycles. The van der Waals surface area contributed by atoms with Gasteiger partial charge in [0.2, 0.25) is 11.0 Å². The van der Waals surface area contributed by atoms with Crippen molar-refractivity contribution in [2.45, 2.75) is 36.4 Å². The van der Waals surface area contributed by atoms with Gasteiger partial charge in [-0.1, -0.05) is 23.4 Å². The van der Waals surface area contributed by atoms with Crippen LogP contribution < -0.4 is 0 Å². The zero-order valence-corrected chi connectivity index (χ0v) is 14.9. The third-order valence-corrected chi connectivity index (χ3v) is 5.10. The van der Waals surface area contributed by atoms with Gasteiger partial charge in [-0.15, -0.1) is 5.10 Å². The number of tetrazole rings is 1. The second-order valence-corrected chi connectivity index (χ2v) is 7.07. The molecule has 0 amide bonds. The van der Waals surface area contributed by atoms with Crippen LogP contribution in [0, 0.1) is 0 Å². The summed E-state index contributed by atoms with van der Waals surface area (Å²) in [6, 6.07) is 7.46. The van der Waals surface area contributed by atoms with Crippen LogP contribution in [0.25, 0.3) is 11.3 Å². The van der Waals surface area contributed by atoms with E-state index in [-0.39, 0.29) is 6.10 Å². The molecule has 1 saturated heterocycles. The highest BCUT2D eigenvalue weighted by Gasteiger charge is 2.19. The van der Waals surface area contributed by atoms with Crippen molar-refractivity contribution in [1.29, 1.82) is 0 Å². The molecule has 1 fully saturated rings. The Balaban J connectivity index is 1.39. The van der Waals surface area contributed by atoms with Crippen molar-refractivity contribution in [3.05, 3.63) is 41.4 Å². The van der Waals surface area contributed by atoms with Gasteiger partial charge in [0.25, 0.3) is 0 Å². The van der Waals surface area contributed by atoms with Gasteiger partial charge >= 0.3 is 0 Å². The first kappa shape index (κ1) is 16.6. The van der Waals surface area contributed by atoms with E-state index >= 15 is 0 Å². The van der Waals surface area contributed by atoms with E-state index < -0.39 is 0 Å². The van der Waals surface area contributed by atoms with Crippen LogP contribution >= 0.6 is 23.4 Å². The Kier molecular flexibility index (Phi) is 5.00. The van der Waals surface area contributed by atoms with E-state index in [2.05, 4.69) is 20.5 Å². The maximum Gasteiger partial charge on any atom is 0.209 e. The largest absolute Gasteiger partial charge is 0.440 e. The summed E-state index contributed by atoms with van der Waals surface area (Å²) >= 11 is 7.40. The highest BCUT2D eigenvalue weighted by atomic mass is 35.5. The van der Waals surface area contributed by atoms with Crippen LogP contribution in [-0.4, -0.2) is 37.9 Å². The van der Waals surface area contributed by atoms with Gasteiger partial charge in [0, 0.05) is 17.2 Å². The molecule has 1 atom stereocenters. The fourth-order valence-electron chi connectivity index (χ4n) is 2.65. The molecule has 0 saturated carbocycles. The highest BCUT2D eigenvalue weighted by molar-refractivity contribution is 7.98. The molecule has 2 aromatic heterocycles. The summed E-state index contributed by atoms with van der Waals surface area (Å²) in [5.74, 6) is 1.90. The summed E-state index contributed by atoms with van der Waals surface area (Å²) < 4.78 is 13.2. The first-order chi connectivity index (χ1) is 12.3. The van der Waals surface area contributed by atoms with Crippen molar-refractivity contribution in [3.8, 4) is 11.3 Å². The topological polar surface area (TPSA) is 78.9 Å². The number of nitrogens with zero attached hydrogens (tertiary/aromatic N) is 5. The molecular formula is C16H16ClN5O2S. The Morgan fingerprint density at radius 3 is 2.96 bits per heavy atom. The molecule has 3 aromatic rings. The molecular weight excluding hydrogens is 362 g/mol. The van der Waals surface area contributed by atoms with Crippen LogP contribution in [0.15, 0.2) is 40.0 Å². The van der Waals surface area contributed by atoms with Crippen LogP contribution in [0.2, 0.25) is 5.02 Å². The van der Waals surface area contributed by atoms with Crippen molar-refractivity contribution in [2.24, 2.45) is 0 Å². The minimum absolute atomic E-state index is 0.195. The van der Waals surface area contributed by atoms with E-state index in [0.717, 1.165) is 30.2 Å². The Morgan fingerprint density at radius 1 is 1.28 bits per heavy atom. The molecule has 9 heteroatoms. The molecule has 130 valence electrons. The molecule has 25 heavy (non-hydrogen) atoms. The SMILES string of the molecule is Clc1ccc(-c2cnc(CSc3nnnn3CC3CCCO3)o2)cc1. The third kappa shape index (κ3) is 4.02. The normalized spacial score (nSPS) is 17.2. The molecule has 1 aromatic carbocycles. The average Bonchev–Trinajstić information content (AvgIpc) is 3.36.